The summed E-state index contributed by atoms with van der Waals surface area (Å²) in [6, 6.07) is 0. The molecule has 104 valence electrons. The van der Waals surface area contributed by atoms with Crippen molar-refractivity contribution in [3.05, 3.63) is 0 Å². The Balaban J connectivity index is 1.99. The third kappa shape index (κ3) is 2.63. The Morgan fingerprint density at radius 1 is 1.22 bits per heavy atom. The standard InChI is InChI=1S/C12H18F3NO2/c13-12(14,15)10-4-2-1-3-9(10)11(18)16-5-8(6-16)7-17/h8-10,17H,1-7H2. The van der Waals surface area contributed by atoms with E-state index in [0.29, 0.717) is 32.4 Å². The topological polar surface area (TPSA) is 40.5 Å². The zero-order valence-electron chi connectivity index (χ0n) is 10.1. The summed E-state index contributed by atoms with van der Waals surface area (Å²) in [7, 11) is 0. The molecule has 1 aliphatic carbocycles. The van der Waals surface area contributed by atoms with Crippen LogP contribution in [0.4, 0.5) is 13.2 Å². The van der Waals surface area contributed by atoms with Crippen molar-refractivity contribution in [2.24, 2.45) is 17.8 Å². The van der Waals surface area contributed by atoms with Gasteiger partial charge in [-0.1, -0.05) is 12.8 Å². The summed E-state index contributed by atoms with van der Waals surface area (Å²) in [4.78, 5) is 13.5. The summed E-state index contributed by atoms with van der Waals surface area (Å²) in [5.41, 5.74) is 0. The lowest BCUT2D eigenvalue weighted by atomic mass is 9.77. The highest BCUT2D eigenvalue weighted by Gasteiger charge is 2.49. The van der Waals surface area contributed by atoms with Crippen LogP contribution in [-0.4, -0.2) is 41.8 Å². The smallest absolute Gasteiger partial charge is 0.392 e. The lowest BCUT2D eigenvalue weighted by Gasteiger charge is -2.43. The van der Waals surface area contributed by atoms with Gasteiger partial charge in [0.05, 0.1) is 5.92 Å². The number of alkyl halides is 3. The van der Waals surface area contributed by atoms with Crippen LogP contribution in [-0.2, 0) is 4.79 Å². The molecule has 2 rings (SSSR count). The van der Waals surface area contributed by atoms with E-state index in [4.69, 9.17) is 5.11 Å². The molecule has 0 aromatic carbocycles. The summed E-state index contributed by atoms with van der Waals surface area (Å²) in [6.45, 7) is 0.796. The fourth-order valence-electron chi connectivity index (χ4n) is 2.92. The summed E-state index contributed by atoms with van der Waals surface area (Å²) in [5.74, 6) is -2.71. The van der Waals surface area contributed by atoms with Gasteiger partial charge in [0.1, 0.15) is 0 Å². The lowest BCUT2D eigenvalue weighted by Crippen LogP contribution is -2.55. The minimum Gasteiger partial charge on any atom is -0.396 e. The van der Waals surface area contributed by atoms with Crippen LogP contribution in [0.15, 0.2) is 0 Å². The average Bonchev–Trinajstić information content (AvgIpc) is 2.26. The minimum atomic E-state index is -4.28. The highest BCUT2D eigenvalue weighted by atomic mass is 19.4. The number of rotatable bonds is 2. The predicted octanol–water partition coefficient (Wildman–Crippen LogP) is 1.81. The normalized spacial score (nSPS) is 30.1. The minimum absolute atomic E-state index is 0.00283. The first kappa shape index (κ1) is 13.6. The highest BCUT2D eigenvalue weighted by molar-refractivity contribution is 5.80. The van der Waals surface area contributed by atoms with Crippen molar-refractivity contribution in [1.82, 2.24) is 4.90 Å². The first-order chi connectivity index (χ1) is 8.43. The average molecular weight is 265 g/mol. The molecule has 0 radical (unpaired) electrons. The van der Waals surface area contributed by atoms with Gasteiger partial charge in [-0.05, 0) is 12.8 Å². The van der Waals surface area contributed by atoms with Gasteiger partial charge in [-0.25, -0.2) is 0 Å². The molecule has 0 spiro atoms. The van der Waals surface area contributed by atoms with E-state index in [-0.39, 0.29) is 24.9 Å². The monoisotopic (exact) mass is 265 g/mol. The molecule has 0 aromatic heterocycles. The van der Waals surface area contributed by atoms with Crippen LogP contribution in [0.2, 0.25) is 0 Å². The van der Waals surface area contributed by atoms with Crippen molar-refractivity contribution in [3.8, 4) is 0 Å². The van der Waals surface area contributed by atoms with Crippen molar-refractivity contribution in [2.75, 3.05) is 19.7 Å². The molecular formula is C12H18F3NO2. The molecule has 1 saturated heterocycles. The molecule has 0 aromatic rings. The Hall–Kier alpha value is -0.780. The lowest BCUT2D eigenvalue weighted by molar-refractivity contribution is -0.202. The second-order valence-electron chi connectivity index (χ2n) is 5.33. The summed E-state index contributed by atoms with van der Waals surface area (Å²) in [5, 5.41) is 8.86. The maximum absolute atomic E-state index is 12.9. The van der Waals surface area contributed by atoms with Gasteiger partial charge in [-0.3, -0.25) is 4.79 Å². The number of aliphatic hydroxyl groups excluding tert-OH is 1. The van der Waals surface area contributed by atoms with Gasteiger partial charge in [-0.15, -0.1) is 0 Å². The van der Waals surface area contributed by atoms with Crippen LogP contribution in [0.3, 0.4) is 0 Å². The van der Waals surface area contributed by atoms with Crippen LogP contribution in [0.5, 0.6) is 0 Å². The van der Waals surface area contributed by atoms with Gasteiger partial charge >= 0.3 is 6.18 Å². The number of hydrogen-bond donors (Lipinski definition) is 1. The van der Waals surface area contributed by atoms with E-state index in [1.54, 1.807) is 0 Å². The number of amides is 1. The number of likely N-dealkylation sites (tertiary alicyclic amines) is 1. The van der Waals surface area contributed by atoms with Crippen molar-refractivity contribution >= 4 is 5.91 Å². The Labute approximate surface area is 104 Å². The SMILES string of the molecule is O=C(C1CCCCC1C(F)(F)F)N1CC(CO)C1. The number of aliphatic hydroxyl groups is 1. The summed E-state index contributed by atoms with van der Waals surface area (Å²) in [6.07, 6.45) is -2.63. The van der Waals surface area contributed by atoms with E-state index < -0.39 is 18.0 Å². The number of hydrogen-bond acceptors (Lipinski definition) is 2. The molecule has 1 saturated carbocycles. The van der Waals surface area contributed by atoms with Crippen molar-refractivity contribution < 1.29 is 23.1 Å². The zero-order chi connectivity index (χ0) is 13.3. The molecule has 18 heavy (non-hydrogen) atoms. The van der Waals surface area contributed by atoms with E-state index in [1.165, 1.54) is 4.90 Å². The number of carbonyl (C=O) groups is 1. The van der Waals surface area contributed by atoms with Crippen LogP contribution in [0.25, 0.3) is 0 Å². The van der Waals surface area contributed by atoms with Crippen molar-refractivity contribution in [3.63, 3.8) is 0 Å². The van der Waals surface area contributed by atoms with Crippen LogP contribution >= 0.6 is 0 Å². The molecule has 1 aliphatic heterocycles. The second kappa shape index (κ2) is 5.07. The fourth-order valence-corrected chi connectivity index (χ4v) is 2.92. The van der Waals surface area contributed by atoms with Gasteiger partial charge in [0.25, 0.3) is 0 Å². The first-order valence-electron chi connectivity index (χ1n) is 6.40. The van der Waals surface area contributed by atoms with Gasteiger partial charge in [-0.2, -0.15) is 13.2 Å². The maximum Gasteiger partial charge on any atom is 0.392 e. The molecule has 2 fully saturated rings. The maximum atomic E-state index is 12.9. The molecule has 3 nitrogen and oxygen atoms in total. The third-order valence-electron chi connectivity index (χ3n) is 4.03. The predicted molar refractivity (Wildman–Crippen MR) is 58.7 cm³/mol. The van der Waals surface area contributed by atoms with Gasteiger partial charge in [0.15, 0.2) is 0 Å². The highest BCUT2D eigenvalue weighted by Crippen LogP contribution is 2.42. The van der Waals surface area contributed by atoms with E-state index >= 15 is 0 Å². The molecule has 1 amide bonds. The Morgan fingerprint density at radius 3 is 2.39 bits per heavy atom. The molecule has 2 atom stereocenters. The van der Waals surface area contributed by atoms with Crippen molar-refractivity contribution in [2.45, 2.75) is 31.9 Å². The molecule has 6 heteroatoms. The van der Waals surface area contributed by atoms with Crippen LogP contribution in [0.1, 0.15) is 25.7 Å². The van der Waals surface area contributed by atoms with E-state index in [1.807, 2.05) is 0 Å². The van der Waals surface area contributed by atoms with Crippen molar-refractivity contribution in [1.29, 1.82) is 0 Å². The molecule has 1 N–H and O–H groups in total. The molecule has 2 aliphatic rings. The second-order valence-corrected chi connectivity index (χ2v) is 5.33. The quantitative estimate of drug-likeness (QED) is 0.827. The van der Waals surface area contributed by atoms with E-state index in [0.717, 1.165) is 0 Å². The third-order valence-corrected chi connectivity index (χ3v) is 4.03. The zero-order valence-corrected chi connectivity index (χ0v) is 10.1. The van der Waals surface area contributed by atoms with Gasteiger partial charge < -0.3 is 10.0 Å². The molecular weight excluding hydrogens is 247 g/mol. The Bertz CT molecular complexity index is 313. The summed E-state index contributed by atoms with van der Waals surface area (Å²) < 4.78 is 38.6. The molecule has 2 unspecified atom stereocenters. The first-order valence-corrected chi connectivity index (χ1v) is 6.40. The largest absolute Gasteiger partial charge is 0.396 e. The van der Waals surface area contributed by atoms with Gasteiger partial charge in [0, 0.05) is 31.5 Å². The Kier molecular flexibility index (Phi) is 3.84. The molecule has 1 heterocycles. The number of carbonyl (C=O) groups excluding carboxylic acids is 1. The number of halogens is 3. The molecule has 0 bridgehead atoms. The van der Waals surface area contributed by atoms with Crippen LogP contribution in [0, 0.1) is 17.8 Å². The van der Waals surface area contributed by atoms with Crippen LogP contribution < -0.4 is 0 Å². The van der Waals surface area contributed by atoms with E-state index in [9.17, 15) is 18.0 Å². The van der Waals surface area contributed by atoms with Gasteiger partial charge in [0.2, 0.25) is 5.91 Å². The Morgan fingerprint density at radius 2 is 1.83 bits per heavy atom. The number of nitrogens with zero attached hydrogens (tertiary/aromatic N) is 1. The fraction of sp³-hybridized carbons (Fsp3) is 0.917. The summed E-state index contributed by atoms with van der Waals surface area (Å²) >= 11 is 0. The van der Waals surface area contributed by atoms with E-state index in [2.05, 4.69) is 0 Å².